The Morgan fingerprint density at radius 1 is 1.16 bits per heavy atom. The largest absolute Gasteiger partial charge is 0.448 e. The van der Waals surface area contributed by atoms with Gasteiger partial charge in [-0.3, -0.25) is 14.5 Å². The lowest BCUT2D eigenvalue weighted by Crippen LogP contribution is -2.59. The van der Waals surface area contributed by atoms with Gasteiger partial charge in [0, 0.05) is 32.7 Å². The van der Waals surface area contributed by atoms with E-state index < -0.39 is 58.2 Å². The summed E-state index contributed by atoms with van der Waals surface area (Å²) in [6.07, 6.45) is -5.41. The predicted octanol–water partition coefficient (Wildman–Crippen LogP) is 1.59. The van der Waals surface area contributed by atoms with Crippen LogP contribution in [0.25, 0.3) is 0 Å². The smallest absolute Gasteiger partial charge is 0.417 e. The number of hydrogen-bond donors (Lipinski definition) is 1. The van der Waals surface area contributed by atoms with Crippen LogP contribution in [0.4, 0.5) is 23.7 Å². The van der Waals surface area contributed by atoms with Crippen molar-refractivity contribution in [1.82, 2.24) is 15.1 Å². The predicted molar refractivity (Wildman–Crippen MR) is 126 cm³/mol. The van der Waals surface area contributed by atoms with E-state index in [9.17, 15) is 27.6 Å². The number of ether oxygens (including phenoxy) is 2. The van der Waals surface area contributed by atoms with E-state index in [1.54, 1.807) is 13.8 Å². The number of halogens is 3. The summed E-state index contributed by atoms with van der Waals surface area (Å²) in [6, 6.07) is 4.25. The zero-order valence-corrected chi connectivity index (χ0v) is 21.0. The van der Waals surface area contributed by atoms with Crippen molar-refractivity contribution >= 4 is 23.6 Å². The maximum atomic E-state index is 13.6. The van der Waals surface area contributed by atoms with Crippen molar-refractivity contribution in [3.05, 3.63) is 29.3 Å². The quantitative estimate of drug-likeness (QED) is 0.579. The average Bonchev–Trinajstić information content (AvgIpc) is 3.23. The van der Waals surface area contributed by atoms with Crippen molar-refractivity contribution in [2.24, 2.45) is 11.8 Å². The Labute approximate surface area is 217 Å². The summed E-state index contributed by atoms with van der Waals surface area (Å²) in [5.74, 6) is -3.39. The number of likely N-dealkylation sites (tertiary alicyclic amines) is 1. The second kappa shape index (κ2) is 9.21. The van der Waals surface area contributed by atoms with Crippen molar-refractivity contribution < 1.29 is 37.0 Å². The van der Waals surface area contributed by atoms with Gasteiger partial charge in [-0.15, -0.1) is 0 Å². The number of morpholine rings is 1. The van der Waals surface area contributed by atoms with Crippen LogP contribution in [0.2, 0.25) is 0 Å². The summed E-state index contributed by atoms with van der Waals surface area (Å²) in [7, 11) is 0. The summed E-state index contributed by atoms with van der Waals surface area (Å²) < 4.78 is 52.3. The summed E-state index contributed by atoms with van der Waals surface area (Å²) >= 11 is 0. The molecule has 0 aromatic heterocycles. The van der Waals surface area contributed by atoms with E-state index in [2.05, 4.69) is 10.2 Å². The van der Waals surface area contributed by atoms with Crippen LogP contribution in [0.1, 0.15) is 25.0 Å². The molecule has 2 bridgehead atoms. The number of anilines is 1. The van der Waals surface area contributed by atoms with Crippen LogP contribution in [0.5, 0.6) is 0 Å². The van der Waals surface area contributed by atoms with Crippen molar-refractivity contribution in [3.63, 3.8) is 0 Å². The molecule has 38 heavy (non-hydrogen) atoms. The molecule has 3 amide bonds. The standard InChI is InChI=1S/C25H28F3N5O5/c1-23-13-32(22(36)37-10-9-31-7-5-30-6-8-31)14-24(2,38-23)19-18(23)20(34)33(21(19)35)16-4-3-15(12-29)17(11-16)25(26,27)28/h3-4,11,18-19,30H,5-10,13-14H2,1-2H3/t18-,19+,23+,24-. The Bertz CT molecular complexity index is 1180. The fraction of sp³-hybridized carbons (Fsp3) is 0.600. The number of nitriles is 1. The monoisotopic (exact) mass is 535 g/mol. The molecule has 0 saturated carbocycles. The second-order valence-corrected chi connectivity index (χ2v) is 10.6. The third-order valence-electron chi connectivity index (χ3n) is 7.89. The Morgan fingerprint density at radius 3 is 2.32 bits per heavy atom. The van der Waals surface area contributed by atoms with Crippen LogP contribution in [0.3, 0.4) is 0 Å². The fourth-order valence-electron chi connectivity index (χ4n) is 6.31. The van der Waals surface area contributed by atoms with E-state index in [-0.39, 0.29) is 25.4 Å². The molecule has 10 nitrogen and oxygen atoms in total. The summed E-state index contributed by atoms with van der Waals surface area (Å²) in [4.78, 5) is 44.4. The molecule has 0 unspecified atom stereocenters. The average molecular weight is 536 g/mol. The van der Waals surface area contributed by atoms with E-state index in [0.29, 0.717) is 12.6 Å². The van der Waals surface area contributed by atoms with E-state index in [4.69, 9.17) is 14.7 Å². The minimum absolute atomic E-state index is 0.00967. The van der Waals surface area contributed by atoms with E-state index in [1.165, 1.54) is 11.0 Å². The first-order valence-corrected chi connectivity index (χ1v) is 12.4. The van der Waals surface area contributed by atoms with Gasteiger partial charge in [-0.1, -0.05) is 0 Å². The number of rotatable bonds is 4. The van der Waals surface area contributed by atoms with Crippen molar-refractivity contribution in [1.29, 1.82) is 5.26 Å². The molecule has 1 N–H and O–H groups in total. The minimum Gasteiger partial charge on any atom is -0.448 e. The number of benzene rings is 1. The van der Waals surface area contributed by atoms with Crippen molar-refractivity contribution in [3.8, 4) is 6.07 Å². The zero-order valence-electron chi connectivity index (χ0n) is 21.0. The van der Waals surface area contributed by atoms with Gasteiger partial charge in [-0.2, -0.15) is 18.4 Å². The third-order valence-corrected chi connectivity index (χ3v) is 7.89. The number of amides is 3. The molecule has 0 spiro atoms. The maximum Gasteiger partial charge on any atom is 0.417 e. The van der Waals surface area contributed by atoms with E-state index in [0.717, 1.165) is 43.2 Å². The van der Waals surface area contributed by atoms with Crippen LogP contribution < -0.4 is 10.2 Å². The van der Waals surface area contributed by atoms with E-state index in [1.807, 2.05) is 0 Å². The first kappa shape index (κ1) is 26.4. The van der Waals surface area contributed by atoms with Crippen molar-refractivity contribution in [2.75, 3.05) is 57.3 Å². The molecule has 4 atom stereocenters. The highest BCUT2D eigenvalue weighted by Crippen LogP contribution is 2.55. The lowest BCUT2D eigenvalue weighted by Gasteiger charge is -2.44. The number of imide groups is 1. The van der Waals surface area contributed by atoms with Crippen LogP contribution in [0.15, 0.2) is 18.2 Å². The topological polar surface area (TPSA) is 115 Å². The van der Waals surface area contributed by atoms with Gasteiger partial charge in [-0.05, 0) is 32.0 Å². The highest BCUT2D eigenvalue weighted by atomic mass is 19.4. The molecule has 1 aromatic carbocycles. The zero-order chi connectivity index (χ0) is 27.5. The van der Waals surface area contributed by atoms with Gasteiger partial charge in [0.15, 0.2) is 0 Å². The number of hydrogen-bond acceptors (Lipinski definition) is 8. The minimum atomic E-state index is -4.84. The van der Waals surface area contributed by atoms with Gasteiger partial charge in [0.05, 0.1) is 59.0 Å². The number of nitrogens with zero attached hydrogens (tertiary/aromatic N) is 4. The number of alkyl halides is 3. The maximum absolute atomic E-state index is 13.6. The summed E-state index contributed by atoms with van der Waals surface area (Å²) in [5, 5.41) is 12.3. The molecule has 5 rings (SSSR count). The van der Waals surface area contributed by atoms with Gasteiger partial charge in [0.25, 0.3) is 0 Å². The molecule has 4 fully saturated rings. The number of carbonyl (C=O) groups is 3. The SMILES string of the molecule is C[C@]12CN(C(=O)OCCN3CCNCC3)C[C@](C)(O1)[C@H]1C(=O)N(c3ccc(C#N)c(C(F)(F)F)c3)C(=O)[C@H]12. The molecule has 4 saturated heterocycles. The lowest BCUT2D eigenvalue weighted by molar-refractivity contribution is -0.164. The van der Waals surface area contributed by atoms with Crippen LogP contribution in [0, 0.1) is 23.2 Å². The molecule has 204 valence electrons. The summed E-state index contributed by atoms with van der Waals surface area (Å²) in [5.41, 5.74) is -4.56. The molecule has 4 aliphatic rings. The van der Waals surface area contributed by atoms with Crippen LogP contribution in [-0.4, -0.2) is 91.3 Å². The van der Waals surface area contributed by atoms with Crippen LogP contribution >= 0.6 is 0 Å². The molecule has 0 radical (unpaired) electrons. The lowest BCUT2D eigenvalue weighted by atomic mass is 9.79. The highest BCUT2D eigenvalue weighted by Gasteiger charge is 2.72. The molecular formula is C25H28F3N5O5. The molecule has 0 aliphatic carbocycles. The van der Waals surface area contributed by atoms with Gasteiger partial charge in [0.1, 0.15) is 6.61 Å². The number of fused-ring (bicyclic) bond motifs is 5. The van der Waals surface area contributed by atoms with Gasteiger partial charge < -0.3 is 19.7 Å². The van der Waals surface area contributed by atoms with Gasteiger partial charge in [-0.25, -0.2) is 9.69 Å². The van der Waals surface area contributed by atoms with Gasteiger partial charge >= 0.3 is 12.3 Å². The summed E-state index contributed by atoms with van der Waals surface area (Å²) in [6.45, 7) is 7.49. The van der Waals surface area contributed by atoms with Gasteiger partial charge in [0.2, 0.25) is 11.8 Å². The first-order valence-electron chi connectivity index (χ1n) is 12.4. The Balaban J connectivity index is 1.35. The molecular weight excluding hydrogens is 507 g/mol. The number of carbonyl (C=O) groups excluding carboxylic acids is 3. The normalized spacial score (nSPS) is 31.4. The second-order valence-electron chi connectivity index (χ2n) is 10.6. The Morgan fingerprint density at radius 2 is 1.76 bits per heavy atom. The number of piperazine rings is 1. The van der Waals surface area contributed by atoms with Crippen molar-refractivity contribution in [2.45, 2.75) is 31.2 Å². The molecule has 4 aliphatic heterocycles. The Kier molecular flexibility index (Phi) is 6.40. The van der Waals surface area contributed by atoms with E-state index >= 15 is 0 Å². The number of nitrogens with one attached hydrogen (secondary N) is 1. The first-order chi connectivity index (χ1) is 17.9. The molecule has 13 heteroatoms. The third kappa shape index (κ3) is 4.30. The molecule has 1 aromatic rings. The highest BCUT2D eigenvalue weighted by molar-refractivity contribution is 6.23. The fourth-order valence-corrected chi connectivity index (χ4v) is 6.31. The molecule has 4 heterocycles. The van der Waals surface area contributed by atoms with Crippen LogP contribution in [-0.2, 0) is 25.2 Å². The Hall–Kier alpha value is -3.21.